The number of phenolic OH excluding ortho intramolecular Hbond substituents is 1. The maximum atomic E-state index is 11.8. The van der Waals surface area contributed by atoms with E-state index >= 15 is 0 Å². The van der Waals surface area contributed by atoms with Crippen molar-refractivity contribution in [2.24, 2.45) is 5.92 Å². The minimum absolute atomic E-state index is 0.00134. The van der Waals surface area contributed by atoms with Crippen LogP contribution in [0.15, 0.2) is 23.6 Å². The normalized spacial score (nSPS) is 15.5. The highest BCUT2D eigenvalue weighted by Crippen LogP contribution is 2.34. The van der Waals surface area contributed by atoms with Gasteiger partial charge in [-0.05, 0) is 38.8 Å². The Hall–Kier alpha value is -2.08. The molecule has 1 aromatic heterocycles. The van der Waals surface area contributed by atoms with Gasteiger partial charge in [-0.2, -0.15) is 0 Å². The Morgan fingerprint density at radius 2 is 2.17 bits per heavy atom. The van der Waals surface area contributed by atoms with Crippen molar-refractivity contribution in [3.8, 4) is 17.0 Å². The number of aromatic nitrogens is 1. The van der Waals surface area contributed by atoms with E-state index < -0.39 is 0 Å². The highest BCUT2D eigenvalue weighted by atomic mass is 32.1. The molecule has 5 nitrogen and oxygen atoms in total. The number of carbonyl (C=O) groups excluding carboxylic acids is 1. The van der Waals surface area contributed by atoms with Crippen LogP contribution >= 0.6 is 11.3 Å². The Kier molecular flexibility index (Phi) is 5.04. The molecule has 1 N–H and O–H groups in total. The van der Waals surface area contributed by atoms with E-state index in [9.17, 15) is 9.90 Å². The Bertz CT molecular complexity index is 721. The van der Waals surface area contributed by atoms with Crippen molar-refractivity contribution in [3.05, 3.63) is 29.1 Å². The molecule has 1 aliphatic heterocycles. The van der Waals surface area contributed by atoms with Gasteiger partial charge in [-0.3, -0.25) is 4.79 Å². The fraction of sp³-hybridized carbons (Fsp3) is 0.444. The molecule has 128 valence electrons. The van der Waals surface area contributed by atoms with Gasteiger partial charge >= 0.3 is 5.97 Å². The molecule has 24 heavy (non-hydrogen) atoms. The van der Waals surface area contributed by atoms with Crippen molar-refractivity contribution in [3.63, 3.8) is 0 Å². The summed E-state index contributed by atoms with van der Waals surface area (Å²) in [6.45, 7) is 5.88. The van der Waals surface area contributed by atoms with E-state index in [1.165, 1.54) is 0 Å². The smallest absolute Gasteiger partial charge is 0.309 e. The number of hydrogen-bond acceptors (Lipinski definition) is 6. The molecule has 6 heteroatoms. The molecule has 0 radical (unpaired) electrons. The number of carbonyl (C=O) groups is 1. The van der Waals surface area contributed by atoms with Crippen molar-refractivity contribution in [1.29, 1.82) is 0 Å². The second-order valence-corrected chi connectivity index (χ2v) is 6.89. The number of ether oxygens (including phenoxy) is 1. The van der Waals surface area contributed by atoms with E-state index in [1.807, 2.05) is 31.4 Å². The molecular weight excluding hydrogens is 324 g/mol. The summed E-state index contributed by atoms with van der Waals surface area (Å²) < 4.78 is 5.11. The van der Waals surface area contributed by atoms with Gasteiger partial charge in [-0.25, -0.2) is 4.98 Å². The molecule has 0 atom stereocenters. The van der Waals surface area contributed by atoms with Crippen molar-refractivity contribution < 1.29 is 14.6 Å². The molecule has 0 aliphatic carbocycles. The fourth-order valence-corrected chi connectivity index (χ4v) is 3.83. The lowest BCUT2D eigenvalue weighted by molar-refractivity contribution is -0.148. The number of esters is 1. The van der Waals surface area contributed by atoms with Gasteiger partial charge < -0.3 is 14.7 Å². The van der Waals surface area contributed by atoms with E-state index in [0.717, 1.165) is 47.9 Å². The van der Waals surface area contributed by atoms with Gasteiger partial charge in [0.2, 0.25) is 0 Å². The second-order valence-electron chi connectivity index (χ2n) is 6.05. The first-order valence-corrected chi connectivity index (χ1v) is 9.13. The van der Waals surface area contributed by atoms with Crippen LogP contribution in [0.25, 0.3) is 11.3 Å². The highest BCUT2D eigenvalue weighted by Gasteiger charge is 2.27. The molecular formula is C18H22N2O3S. The molecule has 0 saturated carbocycles. The Balaban J connectivity index is 1.69. The molecule has 3 rings (SSSR count). The Labute approximate surface area is 145 Å². The van der Waals surface area contributed by atoms with Gasteiger partial charge in [0.1, 0.15) is 5.75 Å². The summed E-state index contributed by atoms with van der Waals surface area (Å²) in [6, 6.07) is 5.53. The number of anilines is 1. The number of benzene rings is 1. The predicted molar refractivity (Wildman–Crippen MR) is 95.5 cm³/mol. The molecule has 0 bridgehead atoms. The van der Waals surface area contributed by atoms with Crippen molar-refractivity contribution in [1.82, 2.24) is 4.98 Å². The van der Waals surface area contributed by atoms with E-state index in [2.05, 4.69) is 9.88 Å². The molecule has 1 saturated heterocycles. The number of hydrogen-bond donors (Lipinski definition) is 1. The van der Waals surface area contributed by atoms with E-state index in [4.69, 9.17) is 4.74 Å². The number of aryl methyl sites for hydroxylation is 1. The van der Waals surface area contributed by atoms with Crippen LogP contribution in [0.2, 0.25) is 0 Å². The minimum Gasteiger partial charge on any atom is -0.507 e. The largest absolute Gasteiger partial charge is 0.507 e. The highest BCUT2D eigenvalue weighted by molar-refractivity contribution is 7.14. The van der Waals surface area contributed by atoms with Gasteiger partial charge in [0.05, 0.1) is 18.2 Å². The molecule has 0 amide bonds. The summed E-state index contributed by atoms with van der Waals surface area (Å²) in [5.74, 6) is 0.168. The lowest BCUT2D eigenvalue weighted by Crippen LogP contribution is -2.36. The molecule has 1 fully saturated rings. The van der Waals surface area contributed by atoms with Crippen LogP contribution < -0.4 is 4.90 Å². The number of nitrogens with zero attached hydrogens (tertiary/aromatic N) is 2. The van der Waals surface area contributed by atoms with Gasteiger partial charge in [0.15, 0.2) is 5.13 Å². The lowest BCUT2D eigenvalue weighted by Gasteiger charge is -2.30. The van der Waals surface area contributed by atoms with E-state index in [-0.39, 0.29) is 17.6 Å². The summed E-state index contributed by atoms with van der Waals surface area (Å²) in [7, 11) is 0. The third kappa shape index (κ3) is 3.53. The lowest BCUT2D eigenvalue weighted by atomic mass is 9.97. The first-order valence-electron chi connectivity index (χ1n) is 8.25. The van der Waals surface area contributed by atoms with Crippen LogP contribution in [0.1, 0.15) is 25.3 Å². The zero-order chi connectivity index (χ0) is 17.1. The van der Waals surface area contributed by atoms with Gasteiger partial charge in [-0.1, -0.05) is 11.6 Å². The third-order valence-electron chi connectivity index (χ3n) is 4.31. The summed E-state index contributed by atoms with van der Waals surface area (Å²) in [5, 5.41) is 13.0. The van der Waals surface area contributed by atoms with E-state index in [1.54, 1.807) is 17.4 Å². The van der Waals surface area contributed by atoms with Crippen LogP contribution in [0.3, 0.4) is 0 Å². The van der Waals surface area contributed by atoms with Crippen LogP contribution in [-0.2, 0) is 9.53 Å². The fourth-order valence-electron chi connectivity index (χ4n) is 2.95. The quantitative estimate of drug-likeness (QED) is 0.857. The number of aromatic hydroxyl groups is 1. The Morgan fingerprint density at radius 1 is 1.42 bits per heavy atom. The van der Waals surface area contributed by atoms with E-state index in [0.29, 0.717) is 6.61 Å². The first-order chi connectivity index (χ1) is 11.6. The molecule has 1 aliphatic rings. The topological polar surface area (TPSA) is 62.7 Å². The van der Waals surface area contributed by atoms with Crippen LogP contribution in [-0.4, -0.2) is 35.8 Å². The average Bonchev–Trinajstić information content (AvgIpc) is 3.07. The van der Waals surface area contributed by atoms with Gasteiger partial charge in [0, 0.05) is 24.0 Å². The summed E-state index contributed by atoms with van der Waals surface area (Å²) >= 11 is 1.57. The summed E-state index contributed by atoms with van der Waals surface area (Å²) in [4.78, 5) is 18.7. The van der Waals surface area contributed by atoms with Crippen LogP contribution in [0.4, 0.5) is 5.13 Å². The number of phenols is 1. The van der Waals surface area contributed by atoms with Crippen LogP contribution in [0, 0.1) is 12.8 Å². The maximum absolute atomic E-state index is 11.8. The van der Waals surface area contributed by atoms with Gasteiger partial charge in [0.25, 0.3) is 0 Å². The average molecular weight is 346 g/mol. The zero-order valence-electron chi connectivity index (χ0n) is 14.0. The monoisotopic (exact) mass is 346 g/mol. The number of rotatable bonds is 4. The molecule has 2 aromatic rings. The standard InChI is InChI=1S/C18H22N2O3S/c1-3-23-17(22)13-6-8-20(9-7-13)18-19-15(11-24-18)14-10-12(2)4-5-16(14)21/h4-5,10-11,13,21H,3,6-9H2,1-2H3. The summed E-state index contributed by atoms with van der Waals surface area (Å²) in [6.07, 6.45) is 1.59. The zero-order valence-corrected chi connectivity index (χ0v) is 14.8. The van der Waals surface area contributed by atoms with Crippen LogP contribution in [0.5, 0.6) is 5.75 Å². The number of thiazole rings is 1. The molecule has 1 aromatic carbocycles. The number of piperidine rings is 1. The molecule has 2 heterocycles. The van der Waals surface area contributed by atoms with Crippen molar-refractivity contribution in [2.45, 2.75) is 26.7 Å². The van der Waals surface area contributed by atoms with Crippen molar-refractivity contribution >= 4 is 22.4 Å². The maximum Gasteiger partial charge on any atom is 0.309 e. The summed E-state index contributed by atoms with van der Waals surface area (Å²) in [5.41, 5.74) is 2.65. The molecule has 0 unspecified atom stereocenters. The first kappa shape index (κ1) is 16.8. The Morgan fingerprint density at radius 3 is 2.88 bits per heavy atom. The SMILES string of the molecule is CCOC(=O)C1CCN(c2nc(-c3cc(C)ccc3O)cs2)CC1. The van der Waals surface area contributed by atoms with Gasteiger partial charge in [-0.15, -0.1) is 11.3 Å². The van der Waals surface area contributed by atoms with Crippen molar-refractivity contribution in [2.75, 3.05) is 24.6 Å². The minimum atomic E-state index is -0.0818. The second kappa shape index (κ2) is 7.21. The third-order valence-corrected chi connectivity index (χ3v) is 5.21. The predicted octanol–water partition coefficient (Wildman–Crippen LogP) is 3.60. The molecule has 0 spiro atoms.